The smallest absolute Gasteiger partial charge is 0.310 e. The first-order valence-electron chi connectivity index (χ1n) is 7.00. The molecule has 0 heterocycles. The van der Waals surface area contributed by atoms with Crippen molar-refractivity contribution in [2.75, 3.05) is 12.3 Å². The summed E-state index contributed by atoms with van der Waals surface area (Å²) < 4.78 is 26.4. The van der Waals surface area contributed by atoms with Gasteiger partial charge in [-0.1, -0.05) is 26.2 Å². The molecule has 6 heteroatoms. The molecule has 1 aliphatic carbocycles. The van der Waals surface area contributed by atoms with Gasteiger partial charge in [0.25, 0.3) is 0 Å². The largest absolute Gasteiger partial charge is 0.481 e. The van der Waals surface area contributed by atoms with E-state index in [0.717, 1.165) is 25.7 Å². The van der Waals surface area contributed by atoms with Crippen LogP contribution in [0.1, 0.15) is 52.4 Å². The maximum absolute atomic E-state index is 12.0. The fraction of sp³-hybridized carbons (Fsp3) is 0.923. The Morgan fingerprint density at radius 1 is 1.32 bits per heavy atom. The van der Waals surface area contributed by atoms with E-state index in [1.165, 1.54) is 6.42 Å². The molecule has 1 fully saturated rings. The molecule has 0 aromatic rings. The highest BCUT2D eigenvalue weighted by Crippen LogP contribution is 2.25. The normalized spacial score (nSPS) is 20.9. The van der Waals surface area contributed by atoms with Crippen molar-refractivity contribution in [1.82, 2.24) is 4.72 Å². The Labute approximate surface area is 115 Å². The Morgan fingerprint density at radius 3 is 2.37 bits per heavy atom. The van der Waals surface area contributed by atoms with Crippen molar-refractivity contribution in [2.24, 2.45) is 11.3 Å². The summed E-state index contributed by atoms with van der Waals surface area (Å²) in [5.74, 6) is -0.605. The van der Waals surface area contributed by atoms with Gasteiger partial charge >= 0.3 is 5.97 Å². The first-order chi connectivity index (χ1) is 8.79. The van der Waals surface area contributed by atoms with Gasteiger partial charge in [0.1, 0.15) is 0 Å². The first kappa shape index (κ1) is 16.4. The van der Waals surface area contributed by atoms with Gasteiger partial charge < -0.3 is 5.11 Å². The lowest BCUT2D eigenvalue weighted by Gasteiger charge is -2.25. The molecular formula is C13H25NO4S. The average molecular weight is 291 g/mol. The van der Waals surface area contributed by atoms with E-state index in [9.17, 15) is 13.2 Å². The molecule has 0 aromatic carbocycles. The van der Waals surface area contributed by atoms with Crippen molar-refractivity contribution < 1.29 is 18.3 Å². The number of rotatable bonds is 7. The summed E-state index contributed by atoms with van der Waals surface area (Å²) in [6.45, 7) is 3.29. The number of carboxylic acid groups (broad SMARTS) is 1. The molecule has 1 rings (SSSR count). The first-order valence-corrected chi connectivity index (χ1v) is 8.65. The van der Waals surface area contributed by atoms with E-state index in [2.05, 4.69) is 4.72 Å². The average Bonchev–Trinajstić information content (AvgIpc) is 2.36. The topological polar surface area (TPSA) is 83.5 Å². The van der Waals surface area contributed by atoms with Crippen LogP contribution in [0.4, 0.5) is 0 Å². The highest BCUT2D eigenvalue weighted by Gasteiger charge is 2.33. The van der Waals surface area contributed by atoms with Crippen LogP contribution in [0.3, 0.4) is 0 Å². The van der Waals surface area contributed by atoms with Gasteiger partial charge in [0.2, 0.25) is 10.0 Å². The highest BCUT2D eigenvalue weighted by atomic mass is 32.2. The molecule has 1 atom stereocenters. The van der Waals surface area contributed by atoms with E-state index in [1.807, 2.05) is 0 Å². The lowest BCUT2D eigenvalue weighted by atomic mass is 9.88. The molecule has 0 aliphatic heterocycles. The number of aliphatic carboxylic acids is 1. The molecule has 19 heavy (non-hydrogen) atoms. The van der Waals surface area contributed by atoms with E-state index in [0.29, 0.717) is 6.42 Å². The maximum Gasteiger partial charge on any atom is 0.310 e. The van der Waals surface area contributed by atoms with Crippen LogP contribution >= 0.6 is 0 Å². The molecule has 1 saturated carbocycles. The van der Waals surface area contributed by atoms with Crippen molar-refractivity contribution in [1.29, 1.82) is 0 Å². The van der Waals surface area contributed by atoms with Crippen LogP contribution < -0.4 is 4.72 Å². The Morgan fingerprint density at radius 2 is 1.89 bits per heavy atom. The van der Waals surface area contributed by atoms with Gasteiger partial charge in [-0.3, -0.25) is 4.79 Å². The summed E-state index contributed by atoms with van der Waals surface area (Å²) in [7, 11) is -3.37. The lowest BCUT2D eigenvalue weighted by Crippen LogP contribution is -2.42. The van der Waals surface area contributed by atoms with Gasteiger partial charge in [-0.05, 0) is 32.1 Å². The maximum atomic E-state index is 12.0. The number of nitrogens with one attached hydrogen (secondary N) is 1. The third kappa shape index (κ3) is 5.10. The molecule has 1 aliphatic rings. The lowest BCUT2D eigenvalue weighted by molar-refractivity contribution is -0.147. The van der Waals surface area contributed by atoms with E-state index >= 15 is 0 Å². The fourth-order valence-corrected chi connectivity index (χ4v) is 3.95. The molecule has 0 amide bonds. The highest BCUT2D eigenvalue weighted by molar-refractivity contribution is 7.89. The number of carboxylic acids is 1. The summed E-state index contributed by atoms with van der Waals surface area (Å²) in [4.78, 5) is 11.1. The molecule has 1 unspecified atom stereocenters. The minimum Gasteiger partial charge on any atom is -0.481 e. The van der Waals surface area contributed by atoms with E-state index in [4.69, 9.17) is 5.11 Å². The predicted molar refractivity (Wildman–Crippen MR) is 74.4 cm³/mol. The summed E-state index contributed by atoms with van der Waals surface area (Å²) in [5.41, 5.74) is -1.03. The zero-order valence-corrected chi connectivity index (χ0v) is 12.6. The molecule has 0 bridgehead atoms. The van der Waals surface area contributed by atoms with Crippen LogP contribution in [0, 0.1) is 11.3 Å². The van der Waals surface area contributed by atoms with Gasteiger partial charge in [-0.25, -0.2) is 13.1 Å². The number of hydrogen-bond acceptors (Lipinski definition) is 3. The van der Waals surface area contributed by atoms with Crippen molar-refractivity contribution >= 4 is 16.0 Å². The summed E-state index contributed by atoms with van der Waals surface area (Å²) >= 11 is 0. The third-order valence-electron chi connectivity index (χ3n) is 4.16. The quantitative estimate of drug-likeness (QED) is 0.751. The zero-order chi connectivity index (χ0) is 14.5. The van der Waals surface area contributed by atoms with E-state index < -0.39 is 21.4 Å². The molecule has 0 saturated heterocycles. The van der Waals surface area contributed by atoms with Crippen LogP contribution in [0.25, 0.3) is 0 Å². The van der Waals surface area contributed by atoms with Crippen molar-refractivity contribution in [2.45, 2.75) is 52.4 Å². The SMILES string of the molecule is CCC(C)(CNS(=O)(=O)CC1CCCCC1)C(=O)O. The van der Waals surface area contributed by atoms with E-state index in [1.54, 1.807) is 13.8 Å². The van der Waals surface area contributed by atoms with Gasteiger partial charge in [0, 0.05) is 6.54 Å². The van der Waals surface area contributed by atoms with Gasteiger partial charge in [0.15, 0.2) is 0 Å². The minimum absolute atomic E-state index is 0.0338. The molecule has 0 spiro atoms. The van der Waals surface area contributed by atoms with Crippen LogP contribution in [-0.4, -0.2) is 31.8 Å². The predicted octanol–water partition coefficient (Wildman–Crippen LogP) is 1.99. The van der Waals surface area contributed by atoms with Crippen LogP contribution in [0.15, 0.2) is 0 Å². The van der Waals surface area contributed by atoms with Gasteiger partial charge in [-0.15, -0.1) is 0 Å². The molecular weight excluding hydrogens is 266 g/mol. The van der Waals surface area contributed by atoms with Gasteiger partial charge in [-0.2, -0.15) is 0 Å². The summed E-state index contributed by atoms with van der Waals surface area (Å²) in [6, 6.07) is 0. The zero-order valence-electron chi connectivity index (χ0n) is 11.8. The second-order valence-electron chi connectivity index (χ2n) is 5.83. The van der Waals surface area contributed by atoms with Crippen molar-refractivity contribution in [3.05, 3.63) is 0 Å². The minimum atomic E-state index is -3.37. The fourth-order valence-electron chi connectivity index (χ4n) is 2.34. The Hall–Kier alpha value is -0.620. The van der Waals surface area contributed by atoms with E-state index in [-0.39, 0.29) is 18.2 Å². The molecule has 0 radical (unpaired) electrons. The molecule has 0 aromatic heterocycles. The van der Waals surface area contributed by atoms with Crippen LogP contribution in [0.2, 0.25) is 0 Å². The van der Waals surface area contributed by atoms with Crippen LogP contribution in [0.5, 0.6) is 0 Å². The van der Waals surface area contributed by atoms with Crippen molar-refractivity contribution in [3.8, 4) is 0 Å². The Balaban J connectivity index is 2.52. The van der Waals surface area contributed by atoms with Crippen molar-refractivity contribution in [3.63, 3.8) is 0 Å². The standard InChI is InChI=1S/C13H25NO4S/c1-3-13(2,12(15)16)10-14-19(17,18)9-11-7-5-4-6-8-11/h11,14H,3-10H2,1-2H3,(H,15,16). The summed E-state index contributed by atoms with van der Waals surface area (Å²) in [6.07, 6.45) is 5.71. The number of carbonyl (C=O) groups is 1. The van der Waals surface area contributed by atoms with Gasteiger partial charge in [0.05, 0.1) is 11.2 Å². The number of sulfonamides is 1. The molecule has 5 nitrogen and oxygen atoms in total. The third-order valence-corrected chi connectivity index (χ3v) is 5.65. The molecule has 2 N–H and O–H groups in total. The van der Waals surface area contributed by atoms with Crippen LogP contribution in [-0.2, 0) is 14.8 Å². The Kier molecular flexibility index (Phi) is 5.80. The second-order valence-corrected chi connectivity index (χ2v) is 7.68. The Bertz CT molecular complexity index is 401. The monoisotopic (exact) mass is 291 g/mol. The second kappa shape index (κ2) is 6.70. The summed E-state index contributed by atoms with van der Waals surface area (Å²) in [5, 5.41) is 9.12. The molecule has 112 valence electrons. The number of hydrogen-bond donors (Lipinski definition) is 2.